The summed E-state index contributed by atoms with van der Waals surface area (Å²) in [5.41, 5.74) is 0. The molecule has 2 atom stereocenters. The summed E-state index contributed by atoms with van der Waals surface area (Å²) in [5, 5.41) is 9.10. The molecule has 0 aromatic heterocycles. The van der Waals surface area contributed by atoms with E-state index in [4.69, 9.17) is 9.84 Å². The van der Waals surface area contributed by atoms with Crippen molar-refractivity contribution < 1.29 is 23.9 Å². The van der Waals surface area contributed by atoms with E-state index in [2.05, 4.69) is 0 Å². The summed E-state index contributed by atoms with van der Waals surface area (Å²) in [6.07, 6.45) is 3.03. The molecule has 1 N–H and O–H groups in total. The van der Waals surface area contributed by atoms with Crippen molar-refractivity contribution in [3.8, 4) is 0 Å². The molecule has 0 amide bonds. The molecular formula is C13H24NO4+. The molecule has 1 saturated carbocycles. The van der Waals surface area contributed by atoms with Crippen LogP contribution in [0.2, 0.25) is 0 Å². The van der Waals surface area contributed by atoms with Gasteiger partial charge in [0.25, 0.3) is 0 Å². The lowest BCUT2D eigenvalue weighted by atomic mass is 9.79. The molecule has 5 nitrogen and oxygen atoms in total. The van der Waals surface area contributed by atoms with E-state index in [1.807, 2.05) is 21.1 Å². The van der Waals surface area contributed by atoms with Gasteiger partial charge in [0, 0.05) is 0 Å². The maximum Gasteiger partial charge on any atom is 0.310 e. The molecule has 0 aromatic carbocycles. The first kappa shape index (κ1) is 15.0. The van der Waals surface area contributed by atoms with Crippen molar-refractivity contribution in [3.05, 3.63) is 0 Å². The summed E-state index contributed by atoms with van der Waals surface area (Å²) in [7, 11) is 6.07. The summed E-state index contributed by atoms with van der Waals surface area (Å²) in [6.45, 7) is 1.08. The van der Waals surface area contributed by atoms with Crippen LogP contribution in [0.25, 0.3) is 0 Å². The van der Waals surface area contributed by atoms with Gasteiger partial charge in [-0.15, -0.1) is 0 Å². The number of ether oxygens (including phenoxy) is 1. The molecule has 18 heavy (non-hydrogen) atoms. The lowest BCUT2D eigenvalue weighted by Crippen LogP contribution is -2.39. The molecule has 0 saturated heterocycles. The van der Waals surface area contributed by atoms with Gasteiger partial charge < -0.3 is 14.3 Å². The highest BCUT2D eigenvalue weighted by Crippen LogP contribution is 2.31. The van der Waals surface area contributed by atoms with E-state index in [1.165, 1.54) is 0 Å². The predicted octanol–water partition coefficient (Wildman–Crippen LogP) is 1.13. The third-order valence-corrected chi connectivity index (χ3v) is 3.39. The van der Waals surface area contributed by atoms with Crippen molar-refractivity contribution in [2.24, 2.45) is 11.8 Å². The first-order chi connectivity index (χ1) is 8.31. The van der Waals surface area contributed by atoms with Crippen molar-refractivity contribution in [1.82, 2.24) is 0 Å². The average molecular weight is 258 g/mol. The normalized spacial score (nSPS) is 24.6. The fourth-order valence-corrected chi connectivity index (χ4v) is 2.24. The Morgan fingerprint density at radius 3 is 2.22 bits per heavy atom. The number of carbonyl (C=O) groups excluding carboxylic acids is 1. The van der Waals surface area contributed by atoms with E-state index in [0.29, 0.717) is 19.4 Å². The zero-order valence-corrected chi connectivity index (χ0v) is 11.5. The molecule has 1 aliphatic carbocycles. The Morgan fingerprint density at radius 1 is 1.17 bits per heavy atom. The number of likely N-dealkylation sites (N-methyl/N-ethyl adjacent to an activating group) is 1. The molecule has 0 radical (unpaired) electrons. The molecule has 104 valence electrons. The largest absolute Gasteiger partial charge is 0.481 e. The van der Waals surface area contributed by atoms with Gasteiger partial charge in [0.1, 0.15) is 13.2 Å². The Bertz CT molecular complexity index is 309. The van der Waals surface area contributed by atoms with Gasteiger partial charge in [-0.05, 0) is 12.8 Å². The van der Waals surface area contributed by atoms with Crippen molar-refractivity contribution >= 4 is 11.9 Å². The van der Waals surface area contributed by atoms with Crippen LogP contribution in [0.5, 0.6) is 0 Å². The minimum atomic E-state index is -0.872. The Balaban J connectivity index is 2.46. The van der Waals surface area contributed by atoms with Gasteiger partial charge >= 0.3 is 11.9 Å². The van der Waals surface area contributed by atoms with Crippen LogP contribution in [-0.4, -0.2) is 55.8 Å². The average Bonchev–Trinajstić information content (AvgIpc) is 2.27. The zero-order chi connectivity index (χ0) is 13.8. The maximum atomic E-state index is 11.9. The van der Waals surface area contributed by atoms with Crippen LogP contribution < -0.4 is 0 Å². The molecule has 0 aliphatic heterocycles. The topological polar surface area (TPSA) is 63.6 Å². The molecule has 2 unspecified atom stereocenters. The number of hydrogen-bond donors (Lipinski definition) is 1. The second-order valence-electron chi connectivity index (χ2n) is 6.02. The van der Waals surface area contributed by atoms with Gasteiger partial charge in [0.2, 0.25) is 0 Å². The van der Waals surface area contributed by atoms with Crippen molar-refractivity contribution in [2.75, 3.05) is 34.3 Å². The summed E-state index contributed by atoms with van der Waals surface area (Å²) in [6, 6.07) is 0. The van der Waals surface area contributed by atoms with Crippen molar-refractivity contribution in [1.29, 1.82) is 0 Å². The minimum Gasteiger partial charge on any atom is -0.481 e. The van der Waals surface area contributed by atoms with E-state index in [0.717, 1.165) is 23.9 Å². The van der Waals surface area contributed by atoms with Crippen LogP contribution in [0.15, 0.2) is 0 Å². The highest BCUT2D eigenvalue weighted by atomic mass is 16.5. The van der Waals surface area contributed by atoms with Gasteiger partial charge in [0.05, 0.1) is 33.0 Å². The second kappa shape index (κ2) is 6.18. The molecule has 0 aromatic rings. The SMILES string of the molecule is C[N+](C)(C)CCOC(=O)C1CCCCC1C(=O)O. The van der Waals surface area contributed by atoms with Gasteiger partial charge in [-0.3, -0.25) is 9.59 Å². The molecule has 1 fully saturated rings. The minimum absolute atomic E-state index is 0.337. The quantitative estimate of drug-likeness (QED) is 0.593. The molecule has 1 rings (SSSR count). The highest BCUT2D eigenvalue weighted by Gasteiger charge is 2.36. The Hall–Kier alpha value is -1.10. The number of nitrogens with zero attached hydrogens (tertiary/aromatic N) is 1. The number of hydrogen-bond acceptors (Lipinski definition) is 3. The number of carbonyl (C=O) groups is 2. The van der Waals surface area contributed by atoms with Gasteiger partial charge in [-0.1, -0.05) is 12.8 Å². The second-order valence-corrected chi connectivity index (χ2v) is 6.02. The van der Waals surface area contributed by atoms with Crippen LogP contribution in [0.1, 0.15) is 25.7 Å². The smallest absolute Gasteiger partial charge is 0.310 e. The van der Waals surface area contributed by atoms with E-state index in [1.54, 1.807) is 0 Å². The van der Waals surface area contributed by atoms with Crippen molar-refractivity contribution in [3.63, 3.8) is 0 Å². The van der Waals surface area contributed by atoms with Crippen LogP contribution >= 0.6 is 0 Å². The number of aliphatic carboxylic acids is 1. The van der Waals surface area contributed by atoms with Crippen LogP contribution in [0.3, 0.4) is 0 Å². The van der Waals surface area contributed by atoms with Gasteiger partial charge in [0.15, 0.2) is 0 Å². The number of esters is 1. The van der Waals surface area contributed by atoms with Crippen molar-refractivity contribution in [2.45, 2.75) is 25.7 Å². The molecule has 0 heterocycles. The van der Waals surface area contributed by atoms with Crippen LogP contribution in [0.4, 0.5) is 0 Å². The lowest BCUT2D eigenvalue weighted by molar-refractivity contribution is -0.870. The molecular weight excluding hydrogens is 234 g/mol. The lowest BCUT2D eigenvalue weighted by Gasteiger charge is -2.28. The number of carboxylic acid groups (broad SMARTS) is 1. The van der Waals surface area contributed by atoms with E-state index >= 15 is 0 Å². The van der Waals surface area contributed by atoms with Crippen LogP contribution in [0, 0.1) is 11.8 Å². The first-order valence-corrected chi connectivity index (χ1v) is 6.51. The number of quaternary nitrogens is 1. The molecule has 0 spiro atoms. The van der Waals surface area contributed by atoms with E-state index in [-0.39, 0.29) is 5.97 Å². The fraction of sp³-hybridized carbons (Fsp3) is 0.846. The number of rotatable bonds is 5. The third-order valence-electron chi connectivity index (χ3n) is 3.39. The summed E-state index contributed by atoms with van der Waals surface area (Å²) < 4.78 is 5.94. The molecule has 1 aliphatic rings. The van der Waals surface area contributed by atoms with Crippen LogP contribution in [-0.2, 0) is 14.3 Å². The van der Waals surface area contributed by atoms with Gasteiger partial charge in [-0.25, -0.2) is 0 Å². The Labute approximate surface area is 108 Å². The standard InChI is InChI=1S/C13H23NO4/c1-14(2,3)8-9-18-13(17)11-7-5-4-6-10(11)12(15)16/h10-11H,4-9H2,1-3H3/p+1. The Kier molecular flexibility index (Phi) is 5.14. The third kappa shape index (κ3) is 4.64. The van der Waals surface area contributed by atoms with E-state index in [9.17, 15) is 9.59 Å². The summed E-state index contributed by atoms with van der Waals surface area (Å²) in [4.78, 5) is 23.0. The molecule has 0 bridgehead atoms. The maximum absolute atomic E-state index is 11.9. The molecule has 5 heteroatoms. The predicted molar refractivity (Wildman–Crippen MR) is 66.9 cm³/mol. The van der Waals surface area contributed by atoms with Gasteiger partial charge in [-0.2, -0.15) is 0 Å². The summed E-state index contributed by atoms with van der Waals surface area (Å²) in [5.74, 6) is -2.22. The summed E-state index contributed by atoms with van der Waals surface area (Å²) >= 11 is 0. The number of carboxylic acids is 1. The van der Waals surface area contributed by atoms with E-state index < -0.39 is 17.8 Å². The highest BCUT2D eigenvalue weighted by molar-refractivity contribution is 5.81. The monoisotopic (exact) mass is 258 g/mol. The fourth-order valence-electron chi connectivity index (χ4n) is 2.24. The zero-order valence-electron chi connectivity index (χ0n) is 11.5. The Morgan fingerprint density at radius 2 is 1.72 bits per heavy atom. The first-order valence-electron chi connectivity index (χ1n) is 6.51.